The maximum atomic E-state index is 11.5. The molecule has 69 heavy (non-hydrogen) atoms. The van der Waals surface area contributed by atoms with Gasteiger partial charge in [0.15, 0.2) is 17.5 Å². The molecule has 362 valence electrons. The van der Waals surface area contributed by atoms with Crippen LogP contribution in [0.5, 0.6) is 0 Å². The average Bonchev–Trinajstić information content (AvgIpc) is 4.01. The molecule has 8 rings (SSSR count). The summed E-state index contributed by atoms with van der Waals surface area (Å²) in [6.45, 7) is 6.51. The first-order valence-corrected chi connectivity index (χ1v) is 21.3. The largest absolute Gasteiger partial charge is 1.00 e. The topological polar surface area (TPSA) is 295 Å². The number of hydrogen-bond acceptors (Lipinski definition) is 18. The number of carbonyl (C=O) groups excluding carboxylic acids is 2. The van der Waals surface area contributed by atoms with E-state index in [-0.39, 0.29) is 86.0 Å². The fourth-order valence-corrected chi connectivity index (χ4v) is 6.11. The Hall–Kier alpha value is -5.03. The van der Waals surface area contributed by atoms with Crippen LogP contribution in [0.25, 0.3) is 52.8 Å². The number of aliphatic carboxylic acids is 1. The van der Waals surface area contributed by atoms with Crippen LogP contribution in [0, 0.1) is 0 Å². The molecule has 0 aromatic carbocycles. The first-order chi connectivity index (χ1) is 31.5. The Kier molecular flexibility index (Phi) is 26.0. The van der Waals surface area contributed by atoms with Gasteiger partial charge in [-0.05, 0) is 50.2 Å². The molecule has 6 aromatic rings. The minimum Gasteiger partial charge on any atom is -0.870 e. The second kappa shape index (κ2) is 29.9. The van der Waals surface area contributed by atoms with Gasteiger partial charge in [0, 0.05) is 79.7 Å². The van der Waals surface area contributed by atoms with Crippen LogP contribution in [0.2, 0.25) is 30.9 Å². The van der Waals surface area contributed by atoms with E-state index in [1.54, 1.807) is 50.2 Å². The molecule has 0 atom stereocenters. The quantitative estimate of drug-likeness (QED) is 0.0627. The van der Waals surface area contributed by atoms with E-state index in [0.717, 1.165) is 19.2 Å². The van der Waals surface area contributed by atoms with E-state index in [4.69, 9.17) is 89.3 Å². The van der Waals surface area contributed by atoms with Gasteiger partial charge in [-0.3, -0.25) is 0 Å². The number of carboxylic acids is 1. The van der Waals surface area contributed by atoms with Crippen molar-refractivity contribution in [2.24, 2.45) is 0 Å². The molecule has 0 bridgehead atoms. The number of carbonyl (C=O) groups is 3. The van der Waals surface area contributed by atoms with E-state index in [0.29, 0.717) is 47.3 Å². The number of nitrogens with zero attached hydrogens (tertiary/aromatic N) is 12. The SMILES string of the molecule is CC(C)OC(=O)/C=C\n1cnc(-c2cc(Cl)nc(Cl)c2)n1.Cl.O=C(/C=C\n1cnc(-c2cc(Cl)nc(Cl)c2)n1)OC1CNC1.O=C(O)/C=C\n1cnc(-c2cc(Cl)nc(Cl)c2)n1.OC1CNC1.[Li+].[OH-]. The molecule has 0 radical (unpaired) electrons. The Morgan fingerprint density at radius 3 is 1.22 bits per heavy atom. The molecule has 2 saturated heterocycles. The molecule has 6 aromatic heterocycles. The summed E-state index contributed by atoms with van der Waals surface area (Å²) in [5.41, 5.74) is 1.87. The van der Waals surface area contributed by atoms with Crippen molar-refractivity contribution in [3.8, 4) is 34.2 Å². The van der Waals surface area contributed by atoms with E-state index in [1.165, 1.54) is 63.8 Å². The maximum absolute atomic E-state index is 11.5. The van der Waals surface area contributed by atoms with Gasteiger partial charge >= 0.3 is 36.8 Å². The molecule has 0 amide bonds. The van der Waals surface area contributed by atoms with Gasteiger partial charge in [0.25, 0.3) is 0 Å². The number of esters is 2. The summed E-state index contributed by atoms with van der Waals surface area (Å²) in [6, 6.07) is 9.54. The van der Waals surface area contributed by atoms with Gasteiger partial charge in [-0.25, -0.2) is 58.3 Å². The van der Waals surface area contributed by atoms with E-state index >= 15 is 0 Å². The first-order valence-electron chi connectivity index (χ1n) is 19.0. The molecular weight excluding hydrogens is 1050 g/mol. The summed E-state index contributed by atoms with van der Waals surface area (Å²) in [4.78, 5) is 57.0. The van der Waals surface area contributed by atoms with Gasteiger partial charge in [0.2, 0.25) is 0 Å². The van der Waals surface area contributed by atoms with Crippen molar-refractivity contribution in [3.05, 3.63) is 105 Å². The zero-order valence-corrected chi connectivity index (χ0v) is 41.5. The minimum atomic E-state index is -1.07. The van der Waals surface area contributed by atoms with Crippen molar-refractivity contribution in [2.45, 2.75) is 32.2 Å². The van der Waals surface area contributed by atoms with Gasteiger partial charge < -0.3 is 35.8 Å². The van der Waals surface area contributed by atoms with E-state index < -0.39 is 17.9 Å². The third-order valence-corrected chi connectivity index (χ3v) is 8.99. The molecule has 5 N–H and O–H groups in total. The van der Waals surface area contributed by atoms with Crippen molar-refractivity contribution >= 4 is 119 Å². The molecular formula is C39H38Cl7LiN14O8. The van der Waals surface area contributed by atoms with E-state index in [1.807, 2.05) is 0 Å². The first kappa shape index (κ1) is 60.1. The number of ether oxygens (including phenoxy) is 2. The van der Waals surface area contributed by atoms with Crippen LogP contribution in [0.1, 0.15) is 13.8 Å². The molecule has 0 saturated carbocycles. The number of β-amino-alcohol motifs (C(OH)–C–C–N with tert-alkyl or cyclic N) is 1. The van der Waals surface area contributed by atoms with Crippen molar-refractivity contribution < 1.29 is 58.4 Å². The Bertz CT molecular complexity index is 2650. The molecule has 0 spiro atoms. The zero-order chi connectivity index (χ0) is 47.8. The predicted molar refractivity (Wildman–Crippen MR) is 255 cm³/mol. The summed E-state index contributed by atoms with van der Waals surface area (Å²) in [5, 5.41) is 36.7. The molecule has 0 unspecified atom stereocenters. The molecule has 2 fully saturated rings. The number of aliphatic hydroxyl groups excluding tert-OH is 1. The summed E-state index contributed by atoms with van der Waals surface area (Å²) in [7, 11) is 0. The second-order valence-electron chi connectivity index (χ2n) is 13.4. The van der Waals surface area contributed by atoms with Gasteiger partial charge in [-0.2, -0.15) is 0 Å². The molecule has 30 heteroatoms. The molecule has 8 heterocycles. The van der Waals surface area contributed by atoms with Crippen molar-refractivity contribution in [1.29, 1.82) is 0 Å². The van der Waals surface area contributed by atoms with Crippen molar-refractivity contribution in [1.82, 2.24) is 69.9 Å². The summed E-state index contributed by atoms with van der Waals surface area (Å²) in [6.07, 6.45) is 11.7. The van der Waals surface area contributed by atoms with Crippen LogP contribution >= 0.6 is 82.0 Å². The van der Waals surface area contributed by atoms with E-state index in [9.17, 15) is 14.4 Å². The van der Waals surface area contributed by atoms with Crippen LogP contribution in [0.3, 0.4) is 0 Å². The van der Waals surface area contributed by atoms with Crippen LogP contribution in [-0.2, 0) is 23.9 Å². The Balaban J connectivity index is 0.000000331. The Morgan fingerprint density at radius 2 is 0.942 bits per heavy atom. The van der Waals surface area contributed by atoms with Gasteiger partial charge in [-0.1, -0.05) is 69.6 Å². The number of hydrogen-bond donors (Lipinski definition) is 4. The van der Waals surface area contributed by atoms with Crippen LogP contribution in [0.4, 0.5) is 0 Å². The number of aromatic nitrogens is 12. The van der Waals surface area contributed by atoms with E-state index in [2.05, 4.69) is 55.8 Å². The number of aliphatic hydroxyl groups is 1. The maximum Gasteiger partial charge on any atom is 1.00 e. The molecule has 2 aliphatic heterocycles. The standard InChI is InChI=1S/C13H11Cl2N5O2.C13H12Cl2N4O2.C10H6Cl2N4O2.C3H7NO.ClH.Li.H2O/c14-10-3-8(4-11(15)18-10)13-17-7-20(19-13)2-1-12(21)22-9-5-16-6-9;1-8(2)21-12(20)3-4-19-7-16-13(18-19)9-5-10(14)17-11(15)6-9;11-7-3-6(4-8(12)14-7)10-13-5-16(15-10)2-1-9(17)18;5-3-1-4-2-3;;;/h1-4,7,9,16H,5-6H2;3-8H,1-2H3;1-5H,(H,17,18);3-5H,1-2H2;1H;;1H2/q;;;;;+1;/p-1/b2-1-;4-3-;2-1-;;;;. The van der Waals surface area contributed by atoms with Crippen LogP contribution in [0.15, 0.2) is 73.6 Å². The smallest absolute Gasteiger partial charge is 0.870 e. The predicted octanol–water partition coefficient (Wildman–Crippen LogP) is 3.10. The Morgan fingerprint density at radius 1 is 0.623 bits per heavy atom. The number of rotatable bonds is 11. The van der Waals surface area contributed by atoms with Crippen molar-refractivity contribution in [2.75, 3.05) is 26.2 Å². The van der Waals surface area contributed by atoms with Gasteiger partial charge in [0.05, 0.1) is 12.2 Å². The summed E-state index contributed by atoms with van der Waals surface area (Å²) in [5.74, 6) is -0.718. The number of carboxylic acid groups (broad SMARTS) is 1. The van der Waals surface area contributed by atoms with Crippen LogP contribution in [-0.4, -0.2) is 137 Å². The van der Waals surface area contributed by atoms with Crippen molar-refractivity contribution in [3.63, 3.8) is 0 Å². The Labute approximate surface area is 441 Å². The fraction of sp³-hybridized carbons (Fsp3) is 0.231. The third-order valence-electron chi connectivity index (χ3n) is 7.82. The number of pyridine rings is 3. The number of nitrogens with one attached hydrogen (secondary N) is 2. The average molecular weight is 1090 g/mol. The molecule has 0 aliphatic carbocycles. The minimum absolute atomic E-state index is 0. The third kappa shape index (κ3) is 21.2. The molecule has 2 aliphatic rings. The molecule has 22 nitrogen and oxygen atoms in total. The normalized spacial score (nSPS) is 13.0. The summed E-state index contributed by atoms with van der Waals surface area (Å²) >= 11 is 34.8. The summed E-state index contributed by atoms with van der Waals surface area (Å²) < 4.78 is 14.2. The van der Waals surface area contributed by atoms with Gasteiger partial charge in [-0.15, -0.1) is 27.7 Å². The number of halogens is 7. The monoisotopic (exact) mass is 1080 g/mol. The second-order valence-corrected chi connectivity index (χ2v) is 15.8. The zero-order valence-electron chi connectivity index (χ0n) is 36.1. The van der Waals surface area contributed by atoms with Gasteiger partial charge in [0.1, 0.15) is 56.0 Å². The van der Waals surface area contributed by atoms with Crippen LogP contribution < -0.4 is 29.5 Å². The fourth-order valence-electron chi connectivity index (χ4n) is 4.73.